The van der Waals surface area contributed by atoms with Crippen LogP contribution in [0.2, 0.25) is 0 Å². The van der Waals surface area contributed by atoms with E-state index in [-0.39, 0.29) is 89.6 Å². The van der Waals surface area contributed by atoms with Crippen molar-refractivity contribution in [3.8, 4) is 24.7 Å². The van der Waals surface area contributed by atoms with E-state index in [9.17, 15) is 52.5 Å². The highest BCUT2D eigenvalue weighted by atomic mass is 31.2. The van der Waals surface area contributed by atoms with Crippen LogP contribution in [-0.2, 0) is 74.9 Å². The maximum absolute atomic E-state index is 13.1. The summed E-state index contributed by atoms with van der Waals surface area (Å²) in [6, 6.07) is -2.87. The molecule has 0 rings (SSSR count). The van der Waals surface area contributed by atoms with E-state index in [2.05, 4.69) is 60.8 Å². The molecule has 0 aliphatic carbocycles. The first-order valence-electron chi connectivity index (χ1n) is 37.7. The van der Waals surface area contributed by atoms with Crippen molar-refractivity contribution in [2.24, 2.45) is 0 Å². The van der Waals surface area contributed by atoms with Crippen LogP contribution in [0.3, 0.4) is 0 Å². The number of hydrogen-bond donors (Lipinski definition) is 6. The van der Waals surface area contributed by atoms with Gasteiger partial charge in [0.1, 0.15) is 11.6 Å². The van der Waals surface area contributed by atoms with Crippen LogP contribution >= 0.6 is 15.6 Å². The van der Waals surface area contributed by atoms with Gasteiger partial charge in [0.2, 0.25) is 11.8 Å². The lowest BCUT2D eigenvalue weighted by Crippen LogP contribution is -2.42. The number of esters is 2. The fourth-order valence-electron chi connectivity index (χ4n) is 10.6. The molecule has 0 saturated carbocycles. The van der Waals surface area contributed by atoms with E-state index >= 15 is 0 Å². The van der Waals surface area contributed by atoms with Gasteiger partial charge in [0.25, 0.3) is 0 Å². The van der Waals surface area contributed by atoms with Gasteiger partial charge < -0.3 is 50.0 Å². The van der Waals surface area contributed by atoms with Crippen molar-refractivity contribution < 1.29 is 89.5 Å². The van der Waals surface area contributed by atoms with Gasteiger partial charge in [-0.05, 0) is 25.7 Å². The number of ether oxygens (including phenoxy) is 4. The Morgan fingerprint density at radius 3 is 0.939 bits per heavy atom. The van der Waals surface area contributed by atoms with E-state index in [4.69, 9.17) is 49.9 Å². The normalized spacial score (nSPS) is 13.8. The summed E-state index contributed by atoms with van der Waals surface area (Å²) in [6.45, 7) is 5.42. The number of terminal acetylenes is 2. The Bertz CT molecular complexity index is 2100. The monoisotopic (exact) mass is 1430 g/mol. The Morgan fingerprint density at radius 2 is 0.653 bits per heavy atom. The summed E-state index contributed by atoms with van der Waals surface area (Å²) in [6.07, 6.45) is 49.1. The minimum Gasteiger partial charge on any atom is -0.449 e. The number of nitrogens with one attached hydrogen (secondary N) is 4. The van der Waals surface area contributed by atoms with E-state index in [1.165, 1.54) is 116 Å². The molecule has 0 aromatic heterocycles. The molecular weight excluding hydrogens is 1300 g/mol. The second-order valence-electron chi connectivity index (χ2n) is 25.7. The SMILES string of the molecule is C#C[C@H](CCOC[C@H](COP(=O)(O)OCCNC(=O)NCCOP(=O)(O)OC[C@@H](COCC[C@@H](C#C)OC(=O)CCCCCCCCCCC)NC(=O)CC(=O)CCCCCCCCCCC)NC(=O)CC(=O)CCCCCCCCCCC)OC(=O)CCCCCCCCCCC. The number of carbonyl (C=O) groups excluding carboxylic acids is 7. The van der Waals surface area contributed by atoms with E-state index in [1.807, 2.05) is 0 Å². The van der Waals surface area contributed by atoms with E-state index in [0.29, 0.717) is 25.7 Å². The third-order valence-electron chi connectivity index (χ3n) is 16.3. The first kappa shape index (κ1) is 93.8. The van der Waals surface area contributed by atoms with Crippen LogP contribution < -0.4 is 21.3 Å². The molecule has 2 unspecified atom stereocenters. The first-order chi connectivity index (χ1) is 47.3. The molecular formula is C73H132N4O19P2. The van der Waals surface area contributed by atoms with Gasteiger partial charge in [-0.3, -0.25) is 46.9 Å². The minimum absolute atomic E-state index is 0.00935. The van der Waals surface area contributed by atoms with Crippen LogP contribution in [0.15, 0.2) is 0 Å². The molecule has 0 aliphatic rings. The molecule has 25 heteroatoms. The molecule has 4 amide bonds. The Morgan fingerprint density at radius 1 is 0.378 bits per heavy atom. The zero-order valence-electron chi connectivity index (χ0n) is 60.9. The van der Waals surface area contributed by atoms with Crippen LogP contribution in [0.4, 0.5) is 4.79 Å². The lowest BCUT2D eigenvalue weighted by atomic mass is 10.0. The standard InChI is InChI=1S/C73H132N4O19P2/c1-7-13-17-21-25-29-33-37-41-45-65(78)57-69(80)76-63(59-89-53-49-67(11-5)95-71(82)47-43-39-35-31-27-23-19-15-9-3)61-93-97(85,86)91-55-51-74-73(84)75-52-56-92-98(87,88)94-62-64(77-70(81)58-66(79)46-42-38-34-30-26-22-18-14-8-2)60-90-54-50-68(12-6)96-72(83)48-44-40-36-32-28-24-20-16-10-4/h5-6,63-64,67-68H,7-10,13-62H2,1-4H3,(H,76,80)(H,77,81)(H,85,86)(H,87,88)(H2,74,75,84)/t63-,64-,67-,68-/m1/s1. The van der Waals surface area contributed by atoms with Crippen molar-refractivity contribution in [3.05, 3.63) is 0 Å². The molecule has 0 fully saturated rings. The van der Waals surface area contributed by atoms with Gasteiger partial charge in [0.15, 0.2) is 12.2 Å². The molecule has 6 N–H and O–H groups in total. The topological polar surface area (TPSA) is 316 Å². The summed E-state index contributed by atoms with van der Waals surface area (Å²) in [7, 11) is -9.62. The van der Waals surface area contributed by atoms with Crippen LogP contribution in [0.5, 0.6) is 0 Å². The zero-order chi connectivity index (χ0) is 72.4. The average molecular weight is 1430 g/mol. The number of hydrogen-bond acceptors (Lipinski definition) is 17. The van der Waals surface area contributed by atoms with Crippen molar-refractivity contribution in [3.63, 3.8) is 0 Å². The Hall–Kier alpha value is -4.25. The van der Waals surface area contributed by atoms with Gasteiger partial charge in [0, 0.05) is 51.6 Å². The summed E-state index contributed by atoms with van der Waals surface area (Å²) in [5, 5.41) is 10.1. The zero-order valence-corrected chi connectivity index (χ0v) is 62.7. The quantitative estimate of drug-likeness (QED) is 0.0108. The summed E-state index contributed by atoms with van der Waals surface area (Å²) in [5.74, 6) is 2.31. The van der Waals surface area contributed by atoms with Gasteiger partial charge >= 0.3 is 33.6 Å². The van der Waals surface area contributed by atoms with Crippen LogP contribution in [-0.4, -0.2) is 141 Å². The lowest BCUT2D eigenvalue weighted by Gasteiger charge is -2.21. The lowest BCUT2D eigenvalue weighted by molar-refractivity contribution is -0.148. The van der Waals surface area contributed by atoms with Crippen LogP contribution in [0, 0.1) is 24.7 Å². The van der Waals surface area contributed by atoms with E-state index in [0.717, 1.165) is 89.9 Å². The molecule has 0 bridgehead atoms. The molecule has 0 aliphatic heterocycles. The fourth-order valence-corrected chi connectivity index (χ4v) is 12.1. The molecule has 0 spiro atoms. The number of rotatable bonds is 72. The Kier molecular flexibility index (Phi) is 63.2. The highest BCUT2D eigenvalue weighted by Crippen LogP contribution is 2.44. The van der Waals surface area contributed by atoms with Crippen molar-refractivity contribution in [2.45, 2.75) is 335 Å². The van der Waals surface area contributed by atoms with Crippen LogP contribution in [0.25, 0.3) is 0 Å². The van der Waals surface area contributed by atoms with Crippen molar-refractivity contribution >= 4 is 57.0 Å². The number of unbranched alkanes of at least 4 members (excludes halogenated alkanes) is 32. The van der Waals surface area contributed by atoms with E-state index in [1.54, 1.807) is 0 Å². The van der Waals surface area contributed by atoms with E-state index < -0.39 is 109 Å². The van der Waals surface area contributed by atoms with Gasteiger partial charge in [0.05, 0.1) is 77.8 Å². The highest BCUT2D eigenvalue weighted by Gasteiger charge is 2.27. The summed E-state index contributed by atoms with van der Waals surface area (Å²) in [5.41, 5.74) is 0. The molecule has 98 heavy (non-hydrogen) atoms. The molecule has 6 atom stereocenters. The third-order valence-corrected chi connectivity index (χ3v) is 18.3. The smallest absolute Gasteiger partial charge is 0.449 e. The number of Topliss-reactive ketones (excluding diaryl/α,β-unsaturated/α-hetero) is 2. The Labute approximate surface area is 590 Å². The predicted molar refractivity (Wildman–Crippen MR) is 384 cm³/mol. The van der Waals surface area contributed by atoms with Gasteiger partial charge in [-0.15, -0.1) is 12.8 Å². The number of phosphoric ester groups is 2. The predicted octanol–water partition coefficient (Wildman–Crippen LogP) is 15.0. The Balaban J connectivity index is 5.32. The highest BCUT2D eigenvalue weighted by molar-refractivity contribution is 7.47. The molecule has 0 aromatic carbocycles. The molecule has 568 valence electrons. The molecule has 0 aromatic rings. The minimum atomic E-state index is -4.81. The number of phosphoric acid groups is 2. The van der Waals surface area contributed by atoms with Crippen molar-refractivity contribution in [1.82, 2.24) is 21.3 Å². The number of carbonyl (C=O) groups is 7. The fraction of sp³-hybridized carbons (Fsp3) is 0.849. The molecule has 0 radical (unpaired) electrons. The number of urea groups is 1. The maximum atomic E-state index is 13.1. The van der Waals surface area contributed by atoms with Crippen molar-refractivity contribution in [1.29, 1.82) is 0 Å². The van der Waals surface area contributed by atoms with Crippen molar-refractivity contribution in [2.75, 3.05) is 65.9 Å². The second kappa shape index (κ2) is 66.0. The number of ketones is 2. The molecule has 0 heterocycles. The van der Waals surface area contributed by atoms with Crippen LogP contribution in [0.1, 0.15) is 310 Å². The third kappa shape index (κ3) is 62.7. The maximum Gasteiger partial charge on any atom is 0.472 e. The van der Waals surface area contributed by atoms with Gasteiger partial charge in [-0.25, -0.2) is 13.9 Å². The van der Waals surface area contributed by atoms with Gasteiger partial charge in [-0.1, -0.05) is 245 Å². The largest absolute Gasteiger partial charge is 0.472 e. The second-order valence-corrected chi connectivity index (χ2v) is 28.6. The summed E-state index contributed by atoms with van der Waals surface area (Å²) >= 11 is 0. The van der Waals surface area contributed by atoms with Gasteiger partial charge in [-0.2, -0.15) is 0 Å². The summed E-state index contributed by atoms with van der Waals surface area (Å²) in [4.78, 5) is 110. The number of amides is 4. The summed E-state index contributed by atoms with van der Waals surface area (Å²) < 4.78 is 68.9. The molecule has 23 nitrogen and oxygen atoms in total. The molecule has 0 saturated heterocycles. The first-order valence-corrected chi connectivity index (χ1v) is 40.6. The average Bonchev–Trinajstić information content (AvgIpc) is 1.20.